The van der Waals surface area contributed by atoms with Crippen LogP contribution in [-0.4, -0.2) is 45.0 Å². The lowest BCUT2D eigenvalue weighted by Crippen LogP contribution is -2.43. The summed E-state index contributed by atoms with van der Waals surface area (Å²) >= 11 is 0. The van der Waals surface area contributed by atoms with E-state index in [1.807, 2.05) is 34.0 Å². The third-order valence-electron chi connectivity index (χ3n) is 5.67. The molecule has 0 bridgehead atoms. The molecule has 2 fully saturated rings. The van der Waals surface area contributed by atoms with E-state index in [0.29, 0.717) is 24.9 Å². The molecule has 0 N–H and O–H groups in total. The van der Waals surface area contributed by atoms with E-state index in [4.69, 9.17) is 4.74 Å². The lowest BCUT2D eigenvalue weighted by atomic mass is 9.96. The Labute approximate surface area is 160 Å². The minimum absolute atomic E-state index is 0.0231. The molecule has 1 aliphatic carbocycles. The third-order valence-corrected chi connectivity index (χ3v) is 5.67. The molecule has 1 saturated heterocycles. The number of benzene rings is 1. The number of ether oxygens (including phenoxy) is 1. The monoisotopic (exact) mass is 368 g/mol. The Morgan fingerprint density at radius 1 is 1.07 bits per heavy atom. The molecule has 1 amide bonds. The SMILES string of the molecule is O=C(c1cn(C2CCCCC2)nn1)N1CCC[C@H](OCc2ccccc2)C1. The third kappa shape index (κ3) is 4.56. The van der Waals surface area contributed by atoms with Crippen LogP contribution in [0.1, 0.15) is 67.0 Å². The van der Waals surface area contributed by atoms with Gasteiger partial charge in [-0.1, -0.05) is 54.8 Å². The highest BCUT2D eigenvalue weighted by molar-refractivity contribution is 5.92. The van der Waals surface area contributed by atoms with Crippen LogP contribution in [0.25, 0.3) is 0 Å². The maximum atomic E-state index is 12.9. The van der Waals surface area contributed by atoms with Crippen LogP contribution in [-0.2, 0) is 11.3 Å². The van der Waals surface area contributed by atoms with Gasteiger partial charge in [0.05, 0.1) is 24.9 Å². The van der Waals surface area contributed by atoms with Gasteiger partial charge in [0.15, 0.2) is 5.69 Å². The average Bonchev–Trinajstić information content (AvgIpc) is 3.24. The molecular formula is C21H28N4O2. The first-order chi connectivity index (χ1) is 13.3. The summed E-state index contributed by atoms with van der Waals surface area (Å²) < 4.78 is 7.95. The van der Waals surface area contributed by atoms with Gasteiger partial charge >= 0.3 is 0 Å². The van der Waals surface area contributed by atoms with Crippen LogP contribution < -0.4 is 0 Å². The normalized spacial score (nSPS) is 21.3. The number of rotatable bonds is 5. The maximum Gasteiger partial charge on any atom is 0.276 e. The summed E-state index contributed by atoms with van der Waals surface area (Å²) in [6.07, 6.45) is 9.92. The second-order valence-corrected chi connectivity index (χ2v) is 7.69. The largest absolute Gasteiger partial charge is 0.372 e. The highest BCUT2D eigenvalue weighted by Crippen LogP contribution is 2.27. The van der Waals surface area contributed by atoms with Crippen molar-refractivity contribution in [3.8, 4) is 0 Å². The number of hydrogen-bond donors (Lipinski definition) is 0. The van der Waals surface area contributed by atoms with Crippen LogP contribution in [0.15, 0.2) is 36.5 Å². The lowest BCUT2D eigenvalue weighted by Gasteiger charge is -2.32. The van der Waals surface area contributed by atoms with Crippen molar-refractivity contribution in [3.05, 3.63) is 47.8 Å². The van der Waals surface area contributed by atoms with Crippen LogP contribution in [0.2, 0.25) is 0 Å². The van der Waals surface area contributed by atoms with Crippen molar-refractivity contribution < 1.29 is 9.53 Å². The summed E-state index contributed by atoms with van der Waals surface area (Å²) in [6, 6.07) is 10.6. The van der Waals surface area contributed by atoms with Gasteiger partial charge < -0.3 is 9.64 Å². The van der Waals surface area contributed by atoms with Crippen LogP contribution in [0, 0.1) is 0 Å². The maximum absolute atomic E-state index is 12.9. The molecule has 27 heavy (non-hydrogen) atoms. The molecule has 2 heterocycles. The molecular weight excluding hydrogens is 340 g/mol. The van der Waals surface area contributed by atoms with Crippen LogP contribution in [0.4, 0.5) is 0 Å². The molecule has 2 aliphatic rings. The molecule has 1 atom stereocenters. The van der Waals surface area contributed by atoms with E-state index < -0.39 is 0 Å². The summed E-state index contributed by atoms with van der Waals surface area (Å²) in [6.45, 7) is 1.98. The van der Waals surface area contributed by atoms with E-state index >= 15 is 0 Å². The van der Waals surface area contributed by atoms with E-state index in [2.05, 4.69) is 22.4 Å². The fourth-order valence-corrected chi connectivity index (χ4v) is 4.11. The highest BCUT2D eigenvalue weighted by atomic mass is 16.5. The van der Waals surface area contributed by atoms with Gasteiger partial charge in [-0.05, 0) is 31.2 Å². The van der Waals surface area contributed by atoms with Crippen molar-refractivity contribution in [2.45, 2.75) is 63.7 Å². The minimum atomic E-state index is -0.0231. The van der Waals surface area contributed by atoms with Gasteiger partial charge in [-0.15, -0.1) is 5.10 Å². The molecule has 0 radical (unpaired) electrons. The zero-order chi connectivity index (χ0) is 18.5. The number of aromatic nitrogens is 3. The van der Waals surface area contributed by atoms with Gasteiger partial charge in [0.25, 0.3) is 5.91 Å². The molecule has 1 saturated carbocycles. The van der Waals surface area contributed by atoms with Gasteiger partial charge in [-0.3, -0.25) is 4.79 Å². The molecule has 0 unspecified atom stereocenters. The molecule has 2 aromatic rings. The fraction of sp³-hybridized carbons (Fsp3) is 0.571. The number of nitrogens with zero attached hydrogens (tertiary/aromatic N) is 4. The molecule has 6 nitrogen and oxygen atoms in total. The van der Waals surface area contributed by atoms with Crippen molar-refractivity contribution >= 4 is 5.91 Å². The van der Waals surface area contributed by atoms with E-state index in [1.165, 1.54) is 19.3 Å². The Balaban J connectivity index is 1.33. The predicted octanol–water partition coefficient (Wildman–Crippen LogP) is 3.60. The van der Waals surface area contributed by atoms with Crippen LogP contribution in [0.5, 0.6) is 0 Å². The van der Waals surface area contributed by atoms with Gasteiger partial charge in [-0.25, -0.2) is 4.68 Å². The number of carbonyl (C=O) groups is 1. The molecule has 1 aromatic carbocycles. The predicted molar refractivity (Wildman–Crippen MR) is 102 cm³/mol. The quantitative estimate of drug-likeness (QED) is 0.809. The summed E-state index contributed by atoms with van der Waals surface area (Å²) in [5.74, 6) is -0.0231. The Morgan fingerprint density at radius 3 is 2.70 bits per heavy atom. The van der Waals surface area contributed by atoms with Gasteiger partial charge in [0.2, 0.25) is 0 Å². The van der Waals surface area contributed by atoms with E-state index in [-0.39, 0.29) is 12.0 Å². The first-order valence-electron chi connectivity index (χ1n) is 10.2. The number of amides is 1. The Bertz CT molecular complexity index is 740. The number of likely N-dealkylation sites (tertiary alicyclic amines) is 1. The van der Waals surface area contributed by atoms with Crippen LogP contribution in [0.3, 0.4) is 0 Å². The van der Waals surface area contributed by atoms with Crippen LogP contribution >= 0.6 is 0 Å². The van der Waals surface area contributed by atoms with Crippen molar-refractivity contribution in [2.75, 3.05) is 13.1 Å². The molecule has 1 aliphatic heterocycles. The Kier molecular flexibility index (Phi) is 5.82. The first-order valence-corrected chi connectivity index (χ1v) is 10.2. The van der Waals surface area contributed by atoms with E-state index in [9.17, 15) is 4.79 Å². The Hall–Kier alpha value is -2.21. The zero-order valence-electron chi connectivity index (χ0n) is 15.8. The highest BCUT2D eigenvalue weighted by Gasteiger charge is 2.27. The summed E-state index contributed by atoms with van der Waals surface area (Å²) in [5.41, 5.74) is 1.63. The average molecular weight is 368 g/mol. The zero-order valence-corrected chi connectivity index (χ0v) is 15.8. The molecule has 4 rings (SSSR count). The van der Waals surface area contributed by atoms with Gasteiger partial charge in [0, 0.05) is 13.1 Å². The molecule has 1 aromatic heterocycles. The smallest absolute Gasteiger partial charge is 0.276 e. The minimum Gasteiger partial charge on any atom is -0.372 e. The van der Waals surface area contributed by atoms with E-state index in [1.54, 1.807) is 0 Å². The topological polar surface area (TPSA) is 60.2 Å². The van der Waals surface area contributed by atoms with E-state index in [0.717, 1.165) is 37.8 Å². The molecule has 6 heteroatoms. The molecule has 144 valence electrons. The second kappa shape index (κ2) is 8.65. The fourth-order valence-electron chi connectivity index (χ4n) is 4.11. The van der Waals surface area contributed by atoms with Gasteiger partial charge in [0.1, 0.15) is 0 Å². The summed E-state index contributed by atoms with van der Waals surface area (Å²) in [5, 5.41) is 8.40. The van der Waals surface area contributed by atoms with Crippen molar-refractivity contribution in [3.63, 3.8) is 0 Å². The lowest BCUT2D eigenvalue weighted by molar-refractivity contribution is -0.00689. The Morgan fingerprint density at radius 2 is 1.89 bits per heavy atom. The van der Waals surface area contributed by atoms with Crippen molar-refractivity contribution in [1.29, 1.82) is 0 Å². The first kappa shape index (κ1) is 18.2. The second-order valence-electron chi connectivity index (χ2n) is 7.69. The van der Waals surface area contributed by atoms with Gasteiger partial charge in [-0.2, -0.15) is 0 Å². The standard InChI is InChI=1S/C21H28N4O2/c26-21(20-15-25(23-22-20)18-10-5-2-6-11-18)24-13-7-12-19(14-24)27-16-17-8-3-1-4-9-17/h1,3-4,8-9,15,18-19H,2,5-7,10-14,16H2/t19-/m0/s1. The number of hydrogen-bond acceptors (Lipinski definition) is 4. The molecule has 0 spiro atoms. The number of piperidine rings is 1. The summed E-state index contributed by atoms with van der Waals surface area (Å²) in [4.78, 5) is 14.7. The van der Waals surface area contributed by atoms with Crippen molar-refractivity contribution in [2.24, 2.45) is 0 Å². The summed E-state index contributed by atoms with van der Waals surface area (Å²) in [7, 11) is 0. The number of carbonyl (C=O) groups excluding carboxylic acids is 1. The van der Waals surface area contributed by atoms with Crippen molar-refractivity contribution in [1.82, 2.24) is 19.9 Å².